The molecule has 1 aromatic carbocycles. The van der Waals surface area contributed by atoms with Crippen molar-refractivity contribution in [1.82, 2.24) is 19.9 Å². The van der Waals surface area contributed by atoms with Gasteiger partial charge < -0.3 is 15.0 Å². The number of hydrogen-bond acceptors (Lipinski definition) is 5. The maximum atomic E-state index is 13.2. The van der Waals surface area contributed by atoms with E-state index in [1.54, 1.807) is 0 Å². The quantitative estimate of drug-likeness (QED) is 0.752. The highest BCUT2D eigenvalue weighted by Crippen LogP contribution is 2.14. The molecule has 0 aliphatic heterocycles. The number of H-pyrrole nitrogens is 1. The molecule has 0 aliphatic carbocycles. The number of methoxy groups -OCH3 is 1. The average molecular weight is 287 g/mol. The maximum absolute atomic E-state index is 13.2. The van der Waals surface area contributed by atoms with E-state index in [-0.39, 0.29) is 5.88 Å². The highest BCUT2D eigenvalue weighted by Gasteiger charge is 2.07. The van der Waals surface area contributed by atoms with E-state index in [1.165, 1.54) is 7.11 Å². The molecule has 0 amide bonds. The van der Waals surface area contributed by atoms with E-state index < -0.39 is 5.82 Å². The summed E-state index contributed by atoms with van der Waals surface area (Å²) in [6.45, 7) is 0.578. The number of fused-ring (bicyclic) bond motifs is 1. The minimum absolute atomic E-state index is 0.0729. The number of anilines is 1. The summed E-state index contributed by atoms with van der Waals surface area (Å²) in [6.07, 6.45) is 1.76. The third-order valence-corrected chi connectivity index (χ3v) is 2.99. The van der Waals surface area contributed by atoms with Crippen molar-refractivity contribution in [3.05, 3.63) is 42.1 Å². The lowest BCUT2D eigenvalue weighted by molar-refractivity contribution is 0.368. The Morgan fingerprint density at radius 1 is 1.29 bits per heavy atom. The van der Waals surface area contributed by atoms with Gasteiger partial charge >= 0.3 is 0 Å². The number of rotatable bonds is 5. The van der Waals surface area contributed by atoms with E-state index in [2.05, 4.69) is 25.3 Å². The molecule has 2 heterocycles. The van der Waals surface area contributed by atoms with Crippen molar-refractivity contribution in [2.45, 2.75) is 6.42 Å². The van der Waals surface area contributed by atoms with Crippen molar-refractivity contribution in [1.29, 1.82) is 0 Å². The SMILES string of the molecule is COc1nc(NCCc2nc3ccccc3[nH]2)ncc1F. The second-order valence-electron chi connectivity index (χ2n) is 4.43. The van der Waals surface area contributed by atoms with Crippen LogP contribution in [0.1, 0.15) is 5.82 Å². The van der Waals surface area contributed by atoms with Gasteiger partial charge in [-0.25, -0.2) is 9.97 Å². The topological polar surface area (TPSA) is 75.7 Å². The van der Waals surface area contributed by atoms with Crippen LogP contribution in [0.3, 0.4) is 0 Å². The van der Waals surface area contributed by atoms with E-state index in [0.717, 1.165) is 23.1 Å². The Labute approximate surface area is 120 Å². The number of ether oxygens (including phenoxy) is 1. The maximum Gasteiger partial charge on any atom is 0.255 e. The Hall–Kier alpha value is -2.70. The summed E-state index contributed by atoms with van der Waals surface area (Å²) >= 11 is 0. The molecule has 0 spiro atoms. The Kier molecular flexibility index (Phi) is 3.63. The van der Waals surface area contributed by atoms with Crippen molar-refractivity contribution in [2.75, 3.05) is 19.0 Å². The molecule has 0 aliphatic rings. The third kappa shape index (κ3) is 2.91. The van der Waals surface area contributed by atoms with Crippen molar-refractivity contribution >= 4 is 17.0 Å². The molecule has 6 nitrogen and oxygen atoms in total. The molecule has 0 atom stereocenters. The lowest BCUT2D eigenvalue weighted by atomic mass is 10.3. The summed E-state index contributed by atoms with van der Waals surface area (Å²) < 4.78 is 18.0. The molecular formula is C14H14FN5O. The summed E-state index contributed by atoms with van der Waals surface area (Å²) in [5.74, 6) is 0.540. The Bertz CT molecular complexity index is 725. The van der Waals surface area contributed by atoms with Crippen LogP contribution in [-0.2, 0) is 6.42 Å². The smallest absolute Gasteiger partial charge is 0.255 e. The van der Waals surface area contributed by atoms with E-state index in [9.17, 15) is 4.39 Å². The van der Waals surface area contributed by atoms with Gasteiger partial charge in [-0.15, -0.1) is 0 Å². The molecule has 108 valence electrons. The molecule has 3 aromatic rings. The van der Waals surface area contributed by atoms with Crippen LogP contribution in [-0.4, -0.2) is 33.6 Å². The second-order valence-corrected chi connectivity index (χ2v) is 4.43. The Morgan fingerprint density at radius 2 is 2.14 bits per heavy atom. The summed E-state index contributed by atoms with van der Waals surface area (Å²) in [7, 11) is 1.36. The third-order valence-electron chi connectivity index (χ3n) is 2.99. The molecule has 2 aromatic heterocycles. The first kappa shape index (κ1) is 13.3. The second kappa shape index (κ2) is 5.74. The van der Waals surface area contributed by atoms with Crippen LogP contribution in [0.4, 0.5) is 10.3 Å². The number of para-hydroxylation sites is 2. The van der Waals surface area contributed by atoms with Crippen molar-refractivity contribution in [2.24, 2.45) is 0 Å². The van der Waals surface area contributed by atoms with Crippen molar-refractivity contribution in [3.8, 4) is 5.88 Å². The fourth-order valence-corrected chi connectivity index (χ4v) is 2.00. The lowest BCUT2D eigenvalue weighted by Gasteiger charge is -2.05. The van der Waals surface area contributed by atoms with E-state index in [0.29, 0.717) is 18.9 Å². The number of nitrogens with one attached hydrogen (secondary N) is 2. The van der Waals surface area contributed by atoms with Gasteiger partial charge in [0.25, 0.3) is 5.88 Å². The summed E-state index contributed by atoms with van der Waals surface area (Å²) in [4.78, 5) is 15.5. The van der Waals surface area contributed by atoms with Crippen molar-refractivity contribution < 1.29 is 9.13 Å². The van der Waals surface area contributed by atoms with Crippen molar-refractivity contribution in [3.63, 3.8) is 0 Å². The normalized spacial score (nSPS) is 10.8. The van der Waals surface area contributed by atoms with Crippen LogP contribution in [0.25, 0.3) is 11.0 Å². The summed E-state index contributed by atoms with van der Waals surface area (Å²) in [5.41, 5.74) is 1.94. The van der Waals surface area contributed by atoms with Crippen LogP contribution in [0.2, 0.25) is 0 Å². The van der Waals surface area contributed by atoms with Gasteiger partial charge in [-0.1, -0.05) is 12.1 Å². The van der Waals surface area contributed by atoms with E-state index in [4.69, 9.17) is 4.74 Å². The minimum Gasteiger partial charge on any atom is -0.479 e. The number of benzene rings is 1. The fraction of sp³-hybridized carbons (Fsp3) is 0.214. The molecule has 3 rings (SSSR count). The monoisotopic (exact) mass is 287 g/mol. The largest absolute Gasteiger partial charge is 0.479 e. The van der Waals surface area contributed by atoms with Gasteiger partial charge in [0.1, 0.15) is 5.82 Å². The zero-order valence-corrected chi connectivity index (χ0v) is 11.4. The van der Waals surface area contributed by atoms with Gasteiger partial charge in [0.05, 0.1) is 24.3 Å². The molecule has 2 N–H and O–H groups in total. The van der Waals surface area contributed by atoms with Gasteiger partial charge in [0.15, 0.2) is 0 Å². The molecule has 0 saturated carbocycles. The molecule has 0 saturated heterocycles. The number of hydrogen-bond donors (Lipinski definition) is 2. The number of imidazole rings is 1. The number of halogens is 1. The van der Waals surface area contributed by atoms with Gasteiger partial charge in [0, 0.05) is 13.0 Å². The van der Waals surface area contributed by atoms with Gasteiger partial charge in [-0.3, -0.25) is 0 Å². The zero-order valence-electron chi connectivity index (χ0n) is 11.4. The molecule has 0 bridgehead atoms. The average Bonchev–Trinajstić information content (AvgIpc) is 2.91. The van der Waals surface area contributed by atoms with Gasteiger partial charge in [0.2, 0.25) is 11.8 Å². The Balaban J connectivity index is 1.63. The molecule has 0 unspecified atom stereocenters. The molecular weight excluding hydrogens is 273 g/mol. The standard InChI is InChI=1S/C14H14FN5O/c1-21-13-9(15)8-17-14(20-13)16-7-6-12-18-10-4-2-3-5-11(10)19-12/h2-5,8H,6-7H2,1H3,(H,18,19)(H,16,17,20). The van der Waals surface area contributed by atoms with Crippen LogP contribution in [0.5, 0.6) is 5.88 Å². The fourth-order valence-electron chi connectivity index (χ4n) is 2.00. The lowest BCUT2D eigenvalue weighted by Crippen LogP contribution is -2.09. The predicted octanol–water partition coefficient (Wildman–Crippen LogP) is 2.16. The molecule has 0 fully saturated rings. The minimum atomic E-state index is -0.583. The predicted molar refractivity (Wildman–Crippen MR) is 76.8 cm³/mol. The number of nitrogens with zero attached hydrogens (tertiary/aromatic N) is 3. The van der Waals surface area contributed by atoms with Gasteiger partial charge in [-0.05, 0) is 12.1 Å². The summed E-state index contributed by atoms with van der Waals surface area (Å²) in [6, 6.07) is 7.84. The number of aromatic nitrogens is 4. The first-order valence-corrected chi connectivity index (χ1v) is 6.50. The molecule has 7 heteroatoms. The van der Waals surface area contributed by atoms with Crippen LogP contribution < -0.4 is 10.1 Å². The highest BCUT2D eigenvalue weighted by atomic mass is 19.1. The van der Waals surface area contributed by atoms with Crippen LogP contribution in [0, 0.1) is 5.82 Å². The summed E-state index contributed by atoms with van der Waals surface area (Å²) in [5, 5.41) is 3.01. The number of aromatic amines is 1. The highest BCUT2D eigenvalue weighted by molar-refractivity contribution is 5.74. The first-order chi connectivity index (χ1) is 10.3. The zero-order chi connectivity index (χ0) is 14.7. The molecule has 0 radical (unpaired) electrons. The Morgan fingerprint density at radius 3 is 2.95 bits per heavy atom. The van der Waals surface area contributed by atoms with Crippen LogP contribution >= 0.6 is 0 Å². The van der Waals surface area contributed by atoms with E-state index >= 15 is 0 Å². The van der Waals surface area contributed by atoms with Gasteiger partial charge in [-0.2, -0.15) is 9.37 Å². The van der Waals surface area contributed by atoms with E-state index in [1.807, 2.05) is 24.3 Å². The van der Waals surface area contributed by atoms with Crippen LogP contribution in [0.15, 0.2) is 30.5 Å². The molecule has 21 heavy (non-hydrogen) atoms. The first-order valence-electron chi connectivity index (χ1n) is 6.50.